The number of aliphatic carboxylic acids is 1. The van der Waals surface area contributed by atoms with Gasteiger partial charge < -0.3 is 14.7 Å². The molecular weight excluding hydrogens is 282 g/mol. The number of fused-ring (bicyclic) bond motifs is 1. The average Bonchev–Trinajstić information content (AvgIpc) is 3.06. The zero-order valence-electron chi connectivity index (χ0n) is 13.3. The Bertz CT molecular complexity index is 563. The van der Waals surface area contributed by atoms with Gasteiger partial charge in [0.25, 0.3) is 0 Å². The van der Waals surface area contributed by atoms with Crippen molar-refractivity contribution in [1.29, 1.82) is 0 Å². The number of ether oxygens (including phenoxy) is 1. The fraction of sp³-hybridized carbons (Fsp3) is 0.647. The molecule has 0 aliphatic carbocycles. The maximum Gasteiger partial charge on any atom is 0.310 e. The van der Waals surface area contributed by atoms with Gasteiger partial charge in [-0.25, -0.2) is 0 Å². The maximum atomic E-state index is 12.8. The van der Waals surface area contributed by atoms with E-state index >= 15 is 0 Å². The normalized spacial score (nSPS) is 36.6. The van der Waals surface area contributed by atoms with Gasteiger partial charge in [-0.3, -0.25) is 9.59 Å². The Morgan fingerprint density at radius 2 is 2.32 bits per heavy atom. The Balaban J connectivity index is 1.76. The van der Waals surface area contributed by atoms with Crippen LogP contribution in [0, 0.1) is 11.8 Å². The van der Waals surface area contributed by atoms with Crippen molar-refractivity contribution in [3.63, 3.8) is 0 Å². The van der Waals surface area contributed by atoms with Crippen molar-refractivity contribution >= 4 is 11.9 Å². The first kappa shape index (κ1) is 15.3. The molecule has 1 N–H and O–H groups in total. The van der Waals surface area contributed by atoms with Crippen LogP contribution in [0.5, 0.6) is 0 Å². The predicted octanol–water partition coefficient (Wildman–Crippen LogP) is 1.99. The van der Waals surface area contributed by atoms with Gasteiger partial charge in [-0.15, -0.1) is 0 Å². The molecule has 2 fully saturated rings. The number of carbonyl (C=O) groups is 2. The van der Waals surface area contributed by atoms with Gasteiger partial charge >= 0.3 is 5.97 Å². The summed E-state index contributed by atoms with van der Waals surface area (Å²) in [6.45, 7) is 6.62. The second kappa shape index (κ2) is 5.23. The number of likely N-dealkylation sites (tertiary alicyclic amines) is 1. The zero-order valence-corrected chi connectivity index (χ0v) is 13.3. The lowest BCUT2D eigenvalue weighted by Crippen LogP contribution is -2.40. The van der Waals surface area contributed by atoms with Gasteiger partial charge in [0.2, 0.25) is 5.91 Å². The van der Waals surface area contributed by atoms with E-state index < -0.39 is 29.5 Å². The predicted molar refractivity (Wildman–Crippen MR) is 81.2 cm³/mol. The summed E-state index contributed by atoms with van der Waals surface area (Å²) in [4.78, 5) is 26.1. The van der Waals surface area contributed by atoms with E-state index in [1.54, 1.807) is 6.08 Å². The van der Waals surface area contributed by atoms with Gasteiger partial charge in [0.15, 0.2) is 0 Å². The molecule has 3 rings (SSSR count). The number of hydrogen-bond donors (Lipinski definition) is 1. The number of hydrogen-bond acceptors (Lipinski definition) is 3. The molecule has 22 heavy (non-hydrogen) atoms. The molecule has 0 unspecified atom stereocenters. The summed E-state index contributed by atoms with van der Waals surface area (Å²) < 4.78 is 5.88. The summed E-state index contributed by atoms with van der Waals surface area (Å²) in [5.74, 6) is -2.31. The maximum absolute atomic E-state index is 12.8. The lowest BCUT2D eigenvalue weighted by Gasteiger charge is -2.27. The number of carboxylic acid groups (broad SMARTS) is 1. The summed E-state index contributed by atoms with van der Waals surface area (Å²) in [5, 5.41) is 9.43. The average molecular weight is 305 g/mol. The van der Waals surface area contributed by atoms with Crippen molar-refractivity contribution < 1.29 is 19.4 Å². The van der Waals surface area contributed by atoms with Crippen LogP contribution in [0.15, 0.2) is 23.8 Å². The fourth-order valence-corrected chi connectivity index (χ4v) is 3.95. The molecule has 5 atom stereocenters. The molecule has 5 nitrogen and oxygen atoms in total. The van der Waals surface area contributed by atoms with Crippen molar-refractivity contribution in [3.05, 3.63) is 23.8 Å². The molecule has 3 aliphatic rings. The standard InChI is InChI=1S/C17H23NO4/c1-10(2)5-4-6-11(3)18-9-17-8-7-12(22-17)13(16(20)21)14(17)15(18)19/h5,7-8,11-14H,4,6,9H2,1-3H3,(H,20,21)/t11-,12-,13+,14-,17+/m1/s1. The lowest BCUT2D eigenvalue weighted by atomic mass is 9.77. The Kier molecular flexibility index (Phi) is 3.63. The van der Waals surface area contributed by atoms with Gasteiger partial charge in [0, 0.05) is 6.04 Å². The summed E-state index contributed by atoms with van der Waals surface area (Å²) >= 11 is 0. The second-order valence-electron chi connectivity index (χ2n) is 6.91. The van der Waals surface area contributed by atoms with E-state index in [4.69, 9.17) is 4.74 Å². The Labute approximate surface area is 130 Å². The summed E-state index contributed by atoms with van der Waals surface area (Å²) in [6.07, 6.45) is 7.23. The highest BCUT2D eigenvalue weighted by Crippen LogP contribution is 2.52. The van der Waals surface area contributed by atoms with Crippen molar-refractivity contribution in [2.45, 2.75) is 51.4 Å². The van der Waals surface area contributed by atoms with Crippen LogP contribution < -0.4 is 0 Å². The minimum Gasteiger partial charge on any atom is -0.481 e. The summed E-state index contributed by atoms with van der Waals surface area (Å²) in [7, 11) is 0. The monoisotopic (exact) mass is 305 g/mol. The van der Waals surface area contributed by atoms with Crippen LogP contribution in [-0.4, -0.2) is 46.2 Å². The minimum absolute atomic E-state index is 0.0658. The second-order valence-corrected chi connectivity index (χ2v) is 6.91. The van der Waals surface area contributed by atoms with Crippen LogP contribution in [0.2, 0.25) is 0 Å². The molecule has 0 aromatic carbocycles. The van der Waals surface area contributed by atoms with Crippen LogP contribution in [0.1, 0.15) is 33.6 Å². The third-order valence-electron chi connectivity index (χ3n) is 5.08. The fourth-order valence-electron chi connectivity index (χ4n) is 3.95. The Hall–Kier alpha value is -1.62. The third-order valence-corrected chi connectivity index (χ3v) is 5.08. The Morgan fingerprint density at radius 3 is 2.95 bits per heavy atom. The highest BCUT2D eigenvalue weighted by molar-refractivity contribution is 5.90. The van der Waals surface area contributed by atoms with E-state index in [1.165, 1.54) is 5.57 Å². The topological polar surface area (TPSA) is 66.8 Å². The first-order valence-corrected chi connectivity index (χ1v) is 7.89. The molecule has 2 bridgehead atoms. The van der Waals surface area contributed by atoms with Gasteiger partial charge in [-0.05, 0) is 33.6 Å². The lowest BCUT2D eigenvalue weighted by molar-refractivity contribution is -0.148. The zero-order chi connectivity index (χ0) is 16.1. The van der Waals surface area contributed by atoms with Crippen molar-refractivity contribution in [1.82, 2.24) is 4.90 Å². The molecule has 0 radical (unpaired) electrons. The molecule has 5 heteroatoms. The van der Waals surface area contributed by atoms with Gasteiger partial charge in [-0.2, -0.15) is 0 Å². The minimum atomic E-state index is -0.936. The molecule has 0 saturated carbocycles. The van der Waals surface area contributed by atoms with Gasteiger partial charge in [0.1, 0.15) is 11.5 Å². The van der Waals surface area contributed by atoms with E-state index in [0.717, 1.165) is 12.8 Å². The number of nitrogens with zero attached hydrogens (tertiary/aromatic N) is 1. The molecule has 2 saturated heterocycles. The molecule has 1 amide bonds. The SMILES string of the molecule is CC(C)=CCC[C@@H](C)N1C[C@]23C=C[C@@H](O2)[C@H](C(=O)O)[C@@H]3C1=O. The van der Waals surface area contributed by atoms with E-state index in [0.29, 0.717) is 6.54 Å². The number of carboxylic acids is 1. The van der Waals surface area contributed by atoms with Crippen molar-refractivity contribution in [2.24, 2.45) is 11.8 Å². The summed E-state index contributed by atoms with van der Waals surface area (Å²) in [5.41, 5.74) is 0.557. The highest BCUT2D eigenvalue weighted by Gasteiger charge is 2.67. The third kappa shape index (κ3) is 2.19. The van der Waals surface area contributed by atoms with Crippen LogP contribution >= 0.6 is 0 Å². The molecule has 120 valence electrons. The van der Waals surface area contributed by atoms with Crippen molar-refractivity contribution in [2.75, 3.05) is 6.54 Å². The smallest absolute Gasteiger partial charge is 0.310 e. The van der Waals surface area contributed by atoms with Crippen LogP contribution in [0.3, 0.4) is 0 Å². The van der Waals surface area contributed by atoms with E-state index in [2.05, 4.69) is 19.9 Å². The largest absolute Gasteiger partial charge is 0.481 e. The molecule has 1 spiro atoms. The number of amides is 1. The molecule has 0 aromatic heterocycles. The van der Waals surface area contributed by atoms with E-state index in [9.17, 15) is 14.7 Å². The first-order valence-electron chi connectivity index (χ1n) is 7.89. The molecule has 3 aliphatic heterocycles. The van der Waals surface area contributed by atoms with Crippen LogP contribution in [0.4, 0.5) is 0 Å². The van der Waals surface area contributed by atoms with E-state index in [-0.39, 0.29) is 11.9 Å². The number of allylic oxidation sites excluding steroid dienone is 2. The quantitative estimate of drug-likeness (QED) is 0.789. The molecule has 3 heterocycles. The molecule has 0 aromatic rings. The van der Waals surface area contributed by atoms with E-state index in [1.807, 2.05) is 17.9 Å². The number of rotatable bonds is 5. The van der Waals surface area contributed by atoms with Crippen LogP contribution in [-0.2, 0) is 14.3 Å². The number of carbonyl (C=O) groups excluding carboxylic acids is 1. The summed E-state index contributed by atoms with van der Waals surface area (Å²) in [6, 6.07) is 0.0913. The Morgan fingerprint density at radius 1 is 1.59 bits per heavy atom. The van der Waals surface area contributed by atoms with Gasteiger partial charge in [-0.1, -0.05) is 23.8 Å². The molecular formula is C17H23NO4. The highest BCUT2D eigenvalue weighted by atomic mass is 16.5. The van der Waals surface area contributed by atoms with Gasteiger partial charge in [0.05, 0.1) is 18.6 Å². The van der Waals surface area contributed by atoms with Crippen molar-refractivity contribution in [3.8, 4) is 0 Å². The van der Waals surface area contributed by atoms with Crippen LogP contribution in [0.25, 0.3) is 0 Å². The first-order chi connectivity index (χ1) is 10.4.